The van der Waals surface area contributed by atoms with Crippen LogP contribution >= 0.6 is 0 Å². The number of fused-ring (bicyclic) bond motifs is 1. The van der Waals surface area contributed by atoms with Gasteiger partial charge in [-0.2, -0.15) is 0 Å². The molecule has 0 radical (unpaired) electrons. The minimum Gasteiger partial charge on any atom is -0.486 e. The summed E-state index contributed by atoms with van der Waals surface area (Å²) in [7, 11) is 0. The molecule has 2 aliphatic heterocycles. The number of carbonyl (C=O) groups is 1. The topological polar surface area (TPSA) is 47.6 Å². The summed E-state index contributed by atoms with van der Waals surface area (Å²) in [4.78, 5) is 12.5. The first-order valence-corrected chi connectivity index (χ1v) is 6.34. The van der Waals surface area contributed by atoms with E-state index in [1.54, 1.807) is 6.07 Å². The molecule has 96 valence electrons. The van der Waals surface area contributed by atoms with Crippen LogP contribution < -0.4 is 14.8 Å². The van der Waals surface area contributed by atoms with Gasteiger partial charge in [-0.15, -0.1) is 0 Å². The van der Waals surface area contributed by atoms with Gasteiger partial charge in [0.15, 0.2) is 17.3 Å². The second-order valence-corrected chi connectivity index (χ2v) is 5.17. The molecule has 4 heteroatoms. The molecule has 1 saturated heterocycles. The average Bonchev–Trinajstić information content (AvgIpc) is 2.85. The number of carbonyl (C=O) groups excluding carboxylic acids is 1. The molecule has 1 N–H and O–H groups in total. The number of nitrogens with one attached hydrogen (secondary N) is 1. The Kier molecular flexibility index (Phi) is 2.74. The Hall–Kier alpha value is -1.55. The van der Waals surface area contributed by atoms with Crippen molar-refractivity contribution < 1.29 is 14.3 Å². The molecule has 0 amide bonds. The smallest absolute Gasteiger partial charge is 0.170 e. The van der Waals surface area contributed by atoms with Crippen LogP contribution in [0.1, 0.15) is 23.7 Å². The number of hydrogen-bond acceptors (Lipinski definition) is 4. The highest BCUT2D eigenvalue weighted by atomic mass is 16.6. The predicted molar refractivity (Wildman–Crippen MR) is 67.4 cm³/mol. The van der Waals surface area contributed by atoms with E-state index in [4.69, 9.17) is 9.47 Å². The maximum Gasteiger partial charge on any atom is 0.170 e. The molecule has 2 aliphatic rings. The lowest BCUT2D eigenvalue weighted by Crippen LogP contribution is -2.30. The number of rotatable bonds is 2. The highest BCUT2D eigenvalue weighted by Crippen LogP contribution is 2.35. The van der Waals surface area contributed by atoms with Crippen LogP contribution in [-0.2, 0) is 0 Å². The standard InChI is InChI=1S/C14H17NO3/c1-14(4-5-15-9-14)13(16)10-2-3-11-12(8-10)18-7-6-17-11/h2-3,8,15H,4-7,9H2,1H3. The molecular weight excluding hydrogens is 230 g/mol. The van der Waals surface area contributed by atoms with Crippen LogP contribution in [0.5, 0.6) is 11.5 Å². The molecule has 0 aliphatic carbocycles. The lowest BCUT2D eigenvalue weighted by atomic mass is 9.81. The highest BCUT2D eigenvalue weighted by Gasteiger charge is 2.37. The summed E-state index contributed by atoms with van der Waals surface area (Å²) in [6.45, 7) is 4.80. The third-order valence-corrected chi connectivity index (χ3v) is 3.72. The van der Waals surface area contributed by atoms with E-state index in [1.807, 2.05) is 19.1 Å². The molecule has 3 rings (SSSR count). The summed E-state index contributed by atoms with van der Waals surface area (Å²) in [6, 6.07) is 5.47. The van der Waals surface area contributed by atoms with E-state index < -0.39 is 0 Å². The summed E-state index contributed by atoms with van der Waals surface area (Å²) in [5, 5.41) is 3.25. The Morgan fingerprint density at radius 2 is 2.06 bits per heavy atom. The second-order valence-electron chi connectivity index (χ2n) is 5.17. The lowest BCUT2D eigenvalue weighted by Gasteiger charge is -2.23. The van der Waals surface area contributed by atoms with Gasteiger partial charge < -0.3 is 14.8 Å². The lowest BCUT2D eigenvalue weighted by molar-refractivity contribution is 0.0838. The molecule has 1 atom stereocenters. The van der Waals surface area contributed by atoms with Crippen LogP contribution in [0.2, 0.25) is 0 Å². The number of Topliss-reactive ketones (excluding diaryl/α,β-unsaturated/α-hetero) is 1. The quantitative estimate of drug-likeness (QED) is 0.807. The Morgan fingerprint density at radius 1 is 1.28 bits per heavy atom. The summed E-state index contributed by atoms with van der Waals surface area (Å²) < 4.78 is 11.0. The van der Waals surface area contributed by atoms with Crippen LogP contribution in [0.25, 0.3) is 0 Å². The van der Waals surface area contributed by atoms with Crippen molar-refractivity contribution in [1.29, 1.82) is 0 Å². The minimum atomic E-state index is -0.288. The Morgan fingerprint density at radius 3 is 2.78 bits per heavy atom. The fourth-order valence-electron chi connectivity index (χ4n) is 2.54. The maximum absolute atomic E-state index is 12.5. The van der Waals surface area contributed by atoms with Crippen molar-refractivity contribution in [2.24, 2.45) is 5.41 Å². The number of ketones is 1. The van der Waals surface area contributed by atoms with Gasteiger partial charge in [-0.25, -0.2) is 0 Å². The third-order valence-electron chi connectivity index (χ3n) is 3.72. The molecule has 1 fully saturated rings. The van der Waals surface area contributed by atoms with Gasteiger partial charge in [0.2, 0.25) is 0 Å². The average molecular weight is 247 g/mol. The van der Waals surface area contributed by atoms with Gasteiger partial charge in [0.05, 0.1) is 0 Å². The number of ether oxygens (including phenoxy) is 2. The molecule has 0 bridgehead atoms. The zero-order valence-electron chi connectivity index (χ0n) is 10.5. The van der Waals surface area contributed by atoms with Gasteiger partial charge in [0.1, 0.15) is 13.2 Å². The molecule has 1 aromatic rings. The Bertz CT molecular complexity index is 478. The largest absolute Gasteiger partial charge is 0.486 e. The van der Waals surface area contributed by atoms with E-state index in [0.29, 0.717) is 24.5 Å². The van der Waals surface area contributed by atoms with Gasteiger partial charge in [-0.05, 0) is 31.2 Å². The first-order valence-electron chi connectivity index (χ1n) is 6.34. The van der Waals surface area contributed by atoms with Crippen molar-refractivity contribution in [3.8, 4) is 11.5 Å². The van der Waals surface area contributed by atoms with Gasteiger partial charge in [0.25, 0.3) is 0 Å². The maximum atomic E-state index is 12.5. The Balaban J connectivity index is 1.90. The molecule has 4 nitrogen and oxygen atoms in total. The van der Waals surface area contributed by atoms with Gasteiger partial charge in [-0.3, -0.25) is 4.79 Å². The van der Waals surface area contributed by atoms with Crippen molar-refractivity contribution in [1.82, 2.24) is 5.32 Å². The van der Waals surface area contributed by atoms with Crippen LogP contribution in [0.4, 0.5) is 0 Å². The van der Waals surface area contributed by atoms with Crippen molar-refractivity contribution in [2.75, 3.05) is 26.3 Å². The van der Waals surface area contributed by atoms with Crippen LogP contribution in [0.3, 0.4) is 0 Å². The van der Waals surface area contributed by atoms with E-state index in [1.165, 1.54) is 0 Å². The van der Waals surface area contributed by atoms with E-state index >= 15 is 0 Å². The Labute approximate surface area is 106 Å². The summed E-state index contributed by atoms with van der Waals surface area (Å²) in [5.74, 6) is 1.60. The van der Waals surface area contributed by atoms with Gasteiger partial charge >= 0.3 is 0 Å². The summed E-state index contributed by atoms with van der Waals surface area (Å²) in [5.41, 5.74) is 0.425. The fraction of sp³-hybridized carbons (Fsp3) is 0.500. The summed E-state index contributed by atoms with van der Waals surface area (Å²) >= 11 is 0. The van der Waals surface area contributed by atoms with Gasteiger partial charge in [0, 0.05) is 17.5 Å². The van der Waals surface area contributed by atoms with Gasteiger partial charge in [-0.1, -0.05) is 6.92 Å². The first-order chi connectivity index (χ1) is 8.69. The predicted octanol–water partition coefficient (Wildman–Crippen LogP) is 1.64. The highest BCUT2D eigenvalue weighted by molar-refractivity contribution is 6.01. The molecule has 0 saturated carbocycles. The van der Waals surface area contributed by atoms with Crippen LogP contribution in [-0.4, -0.2) is 32.1 Å². The van der Waals surface area contributed by atoms with Crippen molar-refractivity contribution in [3.05, 3.63) is 23.8 Å². The summed E-state index contributed by atoms with van der Waals surface area (Å²) in [6.07, 6.45) is 0.889. The van der Waals surface area contributed by atoms with E-state index in [9.17, 15) is 4.79 Å². The fourth-order valence-corrected chi connectivity index (χ4v) is 2.54. The van der Waals surface area contributed by atoms with E-state index in [0.717, 1.165) is 25.3 Å². The molecular formula is C14H17NO3. The number of hydrogen-bond donors (Lipinski definition) is 1. The molecule has 0 spiro atoms. The van der Waals surface area contributed by atoms with Crippen molar-refractivity contribution in [2.45, 2.75) is 13.3 Å². The van der Waals surface area contributed by atoms with E-state index in [-0.39, 0.29) is 11.2 Å². The van der Waals surface area contributed by atoms with Crippen LogP contribution in [0.15, 0.2) is 18.2 Å². The molecule has 0 aromatic heterocycles. The monoisotopic (exact) mass is 247 g/mol. The molecule has 1 unspecified atom stereocenters. The normalized spacial score (nSPS) is 26.1. The SMILES string of the molecule is CC1(C(=O)c2ccc3c(c2)OCCO3)CCNC1. The van der Waals surface area contributed by atoms with Crippen molar-refractivity contribution >= 4 is 5.78 Å². The second kappa shape index (κ2) is 4.28. The first kappa shape index (κ1) is 11.5. The van der Waals surface area contributed by atoms with E-state index in [2.05, 4.69) is 5.32 Å². The molecule has 18 heavy (non-hydrogen) atoms. The zero-order chi connectivity index (χ0) is 12.6. The zero-order valence-corrected chi connectivity index (χ0v) is 10.5. The number of benzene rings is 1. The van der Waals surface area contributed by atoms with Crippen LogP contribution in [0, 0.1) is 5.41 Å². The van der Waals surface area contributed by atoms with Crippen molar-refractivity contribution in [3.63, 3.8) is 0 Å². The molecule has 2 heterocycles. The minimum absolute atomic E-state index is 0.185. The molecule has 1 aromatic carbocycles. The third kappa shape index (κ3) is 1.86.